The average molecular weight is 180 g/mol. The third-order valence-corrected chi connectivity index (χ3v) is 2.39. The molecule has 1 N–H and O–H groups in total. The number of hydrogen-bond acceptors (Lipinski definition) is 3. The van der Waals surface area contributed by atoms with Crippen molar-refractivity contribution < 1.29 is 9.53 Å². The van der Waals surface area contributed by atoms with E-state index in [1.165, 1.54) is 0 Å². The van der Waals surface area contributed by atoms with Gasteiger partial charge in [-0.2, -0.15) is 0 Å². The first kappa shape index (κ1) is 8.44. The number of aldehydes is 1. The Kier molecular flexibility index (Phi) is 2.40. The van der Waals surface area contributed by atoms with Crippen molar-refractivity contribution in [3.63, 3.8) is 0 Å². The molecule has 1 aliphatic heterocycles. The third kappa shape index (κ3) is 1.78. The van der Waals surface area contributed by atoms with E-state index in [4.69, 9.17) is 4.74 Å². The fraction of sp³-hybridized carbons (Fsp3) is 0.556. The summed E-state index contributed by atoms with van der Waals surface area (Å²) in [6, 6.07) is 0. The first-order chi connectivity index (χ1) is 6.40. The van der Waals surface area contributed by atoms with Gasteiger partial charge in [-0.25, -0.2) is 4.98 Å². The molecule has 0 amide bonds. The molecule has 0 saturated carbocycles. The lowest BCUT2D eigenvalue weighted by Crippen LogP contribution is -2.14. The number of rotatable bonds is 2. The van der Waals surface area contributed by atoms with E-state index < -0.39 is 0 Å². The van der Waals surface area contributed by atoms with E-state index in [0.29, 0.717) is 11.7 Å². The molecule has 0 unspecified atom stereocenters. The van der Waals surface area contributed by atoms with Crippen LogP contribution in [0.2, 0.25) is 0 Å². The summed E-state index contributed by atoms with van der Waals surface area (Å²) in [5.41, 5.74) is 1.06. The quantitative estimate of drug-likeness (QED) is 0.694. The van der Waals surface area contributed by atoms with Gasteiger partial charge in [0.2, 0.25) is 0 Å². The number of hydrogen-bond donors (Lipinski definition) is 1. The van der Waals surface area contributed by atoms with Crippen LogP contribution >= 0.6 is 0 Å². The van der Waals surface area contributed by atoms with Crippen LogP contribution in [0.25, 0.3) is 0 Å². The van der Waals surface area contributed by atoms with Gasteiger partial charge in [0.15, 0.2) is 12.1 Å². The topological polar surface area (TPSA) is 55.0 Å². The number of H-pyrrole nitrogens is 1. The largest absolute Gasteiger partial charge is 0.381 e. The molecule has 0 radical (unpaired) electrons. The summed E-state index contributed by atoms with van der Waals surface area (Å²) < 4.78 is 5.25. The van der Waals surface area contributed by atoms with Crippen molar-refractivity contribution in [1.29, 1.82) is 0 Å². The number of aromatic amines is 1. The molecule has 4 nitrogen and oxygen atoms in total. The second kappa shape index (κ2) is 3.70. The van der Waals surface area contributed by atoms with Crippen LogP contribution in [0.1, 0.15) is 35.1 Å². The fourth-order valence-corrected chi connectivity index (χ4v) is 1.63. The SMILES string of the molecule is O=Cc1ncc(C2CCOCC2)[nH]1. The van der Waals surface area contributed by atoms with E-state index in [9.17, 15) is 4.79 Å². The van der Waals surface area contributed by atoms with Crippen molar-refractivity contribution in [2.24, 2.45) is 0 Å². The van der Waals surface area contributed by atoms with Crippen LogP contribution in [0.15, 0.2) is 6.20 Å². The van der Waals surface area contributed by atoms with Crippen LogP contribution in [-0.4, -0.2) is 29.5 Å². The Hall–Kier alpha value is -1.16. The molecular weight excluding hydrogens is 168 g/mol. The highest BCUT2D eigenvalue weighted by Gasteiger charge is 2.17. The molecule has 13 heavy (non-hydrogen) atoms. The number of carbonyl (C=O) groups is 1. The van der Waals surface area contributed by atoms with Gasteiger partial charge in [-0.05, 0) is 12.8 Å². The van der Waals surface area contributed by atoms with Crippen molar-refractivity contribution >= 4 is 6.29 Å². The molecule has 1 fully saturated rings. The number of nitrogens with one attached hydrogen (secondary N) is 1. The molecule has 0 atom stereocenters. The molecule has 2 rings (SSSR count). The molecule has 4 heteroatoms. The maximum Gasteiger partial charge on any atom is 0.185 e. The van der Waals surface area contributed by atoms with Crippen molar-refractivity contribution in [1.82, 2.24) is 9.97 Å². The van der Waals surface area contributed by atoms with Crippen LogP contribution in [0.5, 0.6) is 0 Å². The van der Waals surface area contributed by atoms with E-state index in [0.717, 1.165) is 38.0 Å². The third-order valence-electron chi connectivity index (χ3n) is 2.39. The van der Waals surface area contributed by atoms with Crippen LogP contribution in [0.4, 0.5) is 0 Å². The van der Waals surface area contributed by atoms with E-state index >= 15 is 0 Å². The molecule has 1 aliphatic rings. The molecule has 2 heterocycles. The second-order valence-corrected chi connectivity index (χ2v) is 3.23. The number of nitrogens with zero attached hydrogens (tertiary/aromatic N) is 1. The second-order valence-electron chi connectivity index (χ2n) is 3.23. The number of imidazole rings is 1. The molecule has 0 spiro atoms. The van der Waals surface area contributed by atoms with Crippen LogP contribution in [0.3, 0.4) is 0 Å². The molecule has 1 saturated heterocycles. The maximum atomic E-state index is 10.4. The Bertz CT molecular complexity index is 290. The minimum Gasteiger partial charge on any atom is -0.381 e. The predicted octanol–water partition coefficient (Wildman–Crippen LogP) is 1.12. The van der Waals surface area contributed by atoms with Gasteiger partial charge in [0.05, 0.1) is 0 Å². The Balaban J connectivity index is 2.09. The Morgan fingerprint density at radius 1 is 1.54 bits per heavy atom. The van der Waals surface area contributed by atoms with Crippen molar-refractivity contribution in [3.8, 4) is 0 Å². The predicted molar refractivity (Wildman–Crippen MR) is 46.8 cm³/mol. The van der Waals surface area contributed by atoms with Gasteiger partial charge in [0, 0.05) is 31.0 Å². The van der Waals surface area contributed by atoms with Gasteiger partial charge in [0.1, 0.15) is 0 Å². The van der Waals surface area contributed by atoms with E-state index in [1.807, 2.05) is 0 Å². The Morgan fingerprint density at radius 3 is 2.92 bits per heavy atom. The molecule has 1 aromatic heterocycles. The summed E-state index contributed by atoms with van der Waals surface area (Å²) in [5.74, 6) is 0.899. The molecule has 1 aromatic rings. The molecular formula is C9H12N2O2. The van der Waals surface area contributed by atoms with Gasteiger partial charge in [-0.15, -0.1) is 0 Å². The van der Waals surface area contributed by atoms with Gasteiger partial charge >= 0.3 is 0 Å². The summed E-state index contributed by atoms with van der Waals surface area (Å²) in [6.07, 6.45) is 4.52. The van der Waals surface area contributed by atoms with E-state index in [1.54, 1.807) is 6.20 Å². The zero-order chi connectivity index (χ0) is 9.10. The van der Waals surface area contributed by atoms with Crippen molar-refractivity contribution in [3.05, 3.63) is 17.7 Å². The zero-order valence-electron chi connectivity index (χ0n) is 7.32. The van der Waals surface area contributed by atoms with E-state index in [2.05, 4.69) is 9.97 Å². The monoisotopic (exact) mass is 180 g/mol. The molecule has 70 valence electrons. The summed E-state index contributed by atoms with van der Waals surface area (Å²) >= 11 is 0. The minimum atomic E-state index is 0.418. The van der Waals surface area contributed by atoms with Gasteiger partial charge in [0.25, 0.3) is 0 Å². The van der Waals surface area contributed by atoms with E-state index in [-0.39, 0.29) is 0 Å². The van der Waals surface area contributed by atoms with Gasteiger partial charge in [-0.3, -0.25) is 4.79 Å². The summed E-state index contributed by atoms with van der Waals surface area (Å²) in [7, 11) is 0. The normalized spacial score (nSPS) is 18.8. The standard InChI is InChI=1S/C9H12N2O2/c12-6-9-10-5-8(11-9)7-1-3-13-4-2-7/h5-7H,1-4H2,(H,10,11). The average Bonchev–Trinajstić information content (AvgIpc) is 2.67. The lowest BCUT2D eigenvalue weighted by molar-refractivity contribution is 0.0845. The lowest BCUT2D eigenvalue weighted by atomic mass is 9.97. The summed E-state index contributed by atoms with van der Waals surface area (Å²) in [6.45, 7) is 1.61. The first-order valence-corrected chi connectivity index (χ1v) is 4.48. The highest BCUT2D eigenvalue weighted by Crippen LogP contribution is 2.24. The van der Waals surface area contributed by atoms with Crippen LogP contribution in [-0.2, 0) is 4.74 Å². The summed E-state index contributed by atoms with van der Waals surface area (Å²) in [5, 5.41) is 0. The number of aromatic nitrogens is 2. The van der Waals surface area contributed by atoms with Crippen LogP contribution in [0, 0.1) is 0 Å². The molecule has 0 bridgehead atoms. The minimum absolute atomic E-state index is 0.418. The Labute approximate surface area is 76.3 Å². The highest BCUT2D eigenvalue weighted by atomic mass is 16.5. The van der Waals surface area contributed by atoms with Gasteiger partial charge in [-0.1, -0.05) is 0 Å². The van der Waals surface area contributed by atoms with Crippen LogP contribution < -0.4 is 0 Å². The number of carbonyl (C=O) groups excluding carboxylic acids is 1. The number of ether oxygens (including phenoxy) is 1. The van der Waals surface area contributed by atoms with Crippen molar-refractivity contribution in [2.45, 2.75) is 18.8 Å². The molecule has 0 aliphatic carbocycles. The molecule has 0 aromatic carbocycles. The first-order valence-electron chi connectivity index (χ1n) is 4.48. The summed E-state index contributed by atoms with van der Waals surface area (Å²) in [4.78, 5) is 17.3. The highest BCUT2D eigenvalue weighted by molar-refractivity contribution is 5.68. The Morgan fingerprint density at radius 2 is 2.31 bits per heavy atom. The maximum absolute atomic E-state index is 10.4. The van der Waals surface area contributed by atoms with Gasteiger partial charge < -0.3 is 9.72 Å². The van der Waals surface area contributed by atoms with Crippen molar-refractivity contribution in [2.75, 3.05) is 13.2 Å². The zero-order valence-corrected chi connectivity index (χ0v) is 7.32. The smallest absolute Gasteiger partial charge is 0.185 e. The fourth-order valence-electron chi connectivity index (χ4n) is 1.63. The lowest BCUT2D eigenvalue weighted by Gasteiger charge is -2.20.